The minimum Gasteiger partial charge on any atom is -0.569 e. The molecule has 0 aromatic heterocycles. The van der Waals surface area contributed by atoms with Crippen LogP contribution in [0.4, 0.5) is 0 Å². The van der Waals surface area contributed by atoms with Crippen LogP contribution in [0.1, 0.15) is 19.3 Å². The Morgan fingerprint density at radius 3 is 2.67 bits per heavy atom. The first kappa shape index (κ1) is 8.83. The van der Waals surface area contributed by atoms with E-state index in [-0.39, 0.29) is 0 Å². The lowest BCUT2D eigenvalue weighted by Gasteiger charge is -2.21. The molecule has 12 heavy (non-hydrogen) atoms. The van der Waals surface area contributed by atoms with Gasteiger partial charge in [-0.05, 0) is 19.3 Å². The molecule has 0 aromatic rings. The zero-order valence-corrected chi connectivity index (χ0v) is 6.98. The molecule has 0 bridgehead atoms. The molecule has 5 nitrogen and oxygen atoms in total. The van der Waals surface area contributed by atoms with Gasteiger partial charge in [-0.15, -0.1) is 5.01 Å². The summed E-state index contributed by atoms with van der Waals surface area (Å²) in [6.07, 6.45) is 4.40. The number of hydrogen-bond donors (Lipinski definition) is 0. The lowest BCUT2D eigenvalue weighted by Crippen LogP contribution is -2.35. The maximum absolute atomic E-state index is 11.1. The standard InChI is InChI=1S/C7H13N3O2/c1-2-12-8-10(11)9-6-4-3-5-7-9/h2H,1,3-7H2/b10-8-. The summed E-state index contributed by atoms with van der Waals surface area (Å²) in [6, 6.07) is 0. The van der Waals surface area contributed by atoms with Crippen LogP contribution in [0.3, 0.4) is 0 Å². The van der Waals surface area contributed by atoms with Gasteiger partial charge in [0.15, 0.2) is 0 Å². The monoisotopic (exact) mass is 171 g/mol. The number of piperidine rings is 1. The molecule has 1 aliphatic rings. The number of nitrogens with zero attached hydrogens (tertiary/aromatic N) is 3. The van der Waals surface area contributed by atoms with E-state index < -0.39 is 0 Å². The average Bonchev–Trinajstić information content (AvgIpc) is 2.15. The number of hydrazine groups is 1. The summed E-state index contributed by atoms with van der Waals surface area (Å²) in [5.41, 5.74) is 0. The van der Waals surface area contributed by atoms with Gasteiger partial charge in [-0.2, -0.15) is 0 Å². The van der Waals surface area contributed by atoms with Gasteiger partial charge in [0, 0.05) is 0 Å². The van der Waals surface area contributed by atoms with Gasteiger partial charge >= 0.3 is 0 Å². The summed E-state index contributed by atoms with van der Waals surface area (Å²) >= 11 is 0. The van der Waals surface area contributed by atoms with Crippen molar-refractivity contribution in [2.24, 2.45) is 5.28 Å². The molecule has 0 aliphatic carbocycles. The van der Waals surface area contributed by atoms with Crippen LogP contribution in [0.15, 0.2) is 18.1 Å². The lowest BCUT2D eigenvalue weighted by atomic mass is 10.2. The van der Waals surface area contributed by atoms with E-state index >= 15 is 0 Å². The summed E-state index contributed by atoms with van der Waals surface area (Å²) in [5, 5.41) is 15.9. The minimum absolute atomic E-state index is 0.487. The highest BCUT2D eigenvalue weighted by molar-refractivity contribution is 4.55. The Morgan fingerprint density at radius 1 is 1.42 bits per heavy atom. The second-order valence-electron chi connectivity index (χ2n) is 2.62. The van der Waals surface area contributed by atoms with Crippen LogP contribution in [0, 0.1) is 5.21 Å². The van der Waals surface area contributed by atoms with Gasteiger partial charge in [0.1, 0.15) is 6.26 Å². The molecular formula is C7H13N3O2. The molecule has 0 radical (unpaired) electrons. The Labute approximate surface area is 71.4 Å². The second-order valence-corrected chi connectivity index (χ2v) is 2.62. The third-order valence-corrected chi connectivity index (χ3v) is 1.77. The van der Waals surface area contributed by atoms with Gasteiger partial charge in [0.2, 0.25) is 5.28 Å². The molecular weight excluding hydrogens is 158 g/mol. The summed E-state index contributed by atoms with van der Waals surface area (Å²) in [7, 11) is 0. The first-order valence-electron chi connectivity index (χ1n) is 4.04. The van der Waals surface area contributed by atoms with Gasteiger partial charge in [-0.1, -0.05) is 6.58 Å². The molecule has 1 fully saturated rings. The van der Waals surface area contributed by atoms with Crippen molar-refractivity contribution in [1.82, 2.24) is 5.01 Å². The minimum atomic E-state index is 0.487. The van der Waals surface area contributed by atoms with Crippen molar-refractivity contribution in [2.75, 3.05) is 13.1 Å². The normalized spacial score (nSPS) is 19.0. The number of rotatable bonds is 3. The zero-order valence-electron chi connectivity index (χ0n) is 6.98. The Morgan fingerprint density at radius 2 is 2.08 bits per heavy atom. The molecule has 1 saturated heterocycles. The average molecular weight is 171 g/mol. The zero-order chi connectivity index (χ0) is 8.81. The third kappa shape index (κ3) is 2.41. The molecule has 1 heterocycles. The molecule has 0 spiro atoms. The van der Waals surface area contributed by atoms with Crippen LogP contribution in [0.5, 0.6) is 0 Å². The predicted octanol–water partition coefficient (Wildman–Crippen LogP) is 1.42. The Kier molecular flexibility index (Phi) is 3.37. The second kappa shape index (κ2) is 4.58. The smallest absolute Gasteiger partial charge is 0.238 e. The molecule has 0 N–H and O–H groups in total. The molecule has 0 aromatic carbocycles. The van der Waals surface area contributed by atoms with Gasteiger partial charge in [-0.3, -0.25) is 0 Å². The highest BCUT2D eigenvalue weighted by Gasteiger charge is 2.16. The Balaban J connectivity index is 2.38. The van der Waals surface area contributed by atoms with Crippen LogP contribution >= 0.6 is 0 Å². The fourth-order valence-electron chi connectivity index (χ4n) is 1.17. The number of hydrogen-bond acceptors (Lipinski definition) is 3. The largest absolute Gasteiger partial charge is 0.569 e. The van der Waals surface area contributed by atoms with E-state index in [4.69, 9.17) is 0 Å². The molecule has 1 rings (SSSR count). The topological polar surface area (TPSA) is 50.9 Å². The molecule has 68 valence electrons. The SMILES string of the molecule is C=CO/N=[N+](\[O-])N1CCCCC1. The quantitative estimate of drug-likeness (QED) is 0.279. The van der Waals surface area contributed by atoms with E-state index in [9.17, 15) is 5.21 Å². The lowest BCUT2D eigenvalue weighted by molar-refractivity contribution is -0.710. The van der Waals surface area contributed by atoms with E-state index in [0.717, 1.165) is 32.2 Å². The molecule has 0 saturated carbocycles. The maximum atomic E-state index is 11.1. The van der Waals surface area contributed by atoms with E-state index in [0.29, 0.717) is 4.97 Å². The maximum Gasteiger partial charge on any atom is 0.238 e. The summed E-state index contributed by atoms with van der Waals surface area (Å²) in [5.74, 6) is 0. The van der Waals surface area contributed by atoms with Crippen LogP contribution in [0.2, 0.25) is 0 Å². The summed E-state index contributed by atoms with van der Waals surface area (Å²) < 4.78 is 0. The Hall–Kier alpha value is -1.26. The van der Waals surface area contributed by atoms with E-state index in [2.05, 4.69) is 16.7 Å². The van der Waals surface area contributed by atoms with E-state index in [1.165, 1.54) is 6.42 Å². The third-order valence-electron chi connectivity index (χ3n) is 1.77. The summed E-state index contributed by atoms with van der Waals surface area (Å²) in [6.45, 7) is 4.79. The molecule has 0 amide bonds. The van der Waals surface area contributed by atoms with Crippen LogP contribution < -0.4 is 0 Å². The van der Waals surface area contributed by atoms with Gasteiger partial charge in [0.05, 0.1) is 18.1 Å². The molecule has 0 unspecified atom stereocenters. The van der Waals surface area contributed by atoms with Crippen molar-refractivity contribution in [2.45, 2.75) is 19.3 Å². The highest BCUT2D eigenvalue weighted by atomic mass is 16.7. The van der Waals surface area contributed by atoms with Gasteiger partial charge < -0.3 is 10.0 Å². The van der Waals surface area contributed by atoms with Crippen molar-refractivity contribution in [3.8, 4) is 0 Å². The molecule has 1 aliphatic heterocycles. The van der Waals surface area contributed by atoms with Crippen molar-refractivity contribution >= 4 is 0 Å². The first-order valence-corrected chi connectivity index (χ1v) is 4.04. The highest BCUT2D eigenvalue weighted by Crippen LogP contribution is 2.08. The van der Waals surface area contributed by atoms with Crippen LogP contribution in [0.25, 0.3) is 0 Å². The van der Waals surface area contributed by atoms with Crippen LogP contribution in [-0.4, -0.2) is 23.1 Å². The van der Waals surface area contributed by atoms with Gasteiger partial charge in [0.25, 0.3) is 0 Å². The van der Waals surface area contributed by atoms with Gasteiger partial charge in [-0.25, -0.2) is 0 Å². The molecule has 5 heteroatoms. The predicted molar refractivity (Wildman–Crippen MR) is 42.8 cm³/mol. The van der Waals surface area contributed by atoms with E-state index in [1.54, 1.807) is 5.01 Å². The fourth-order valence-corrected chi connectivity index (χ4v) is 1.17. The Bertz CT molecular complexity index is 175. The van der Waals surface area contributed by atoms with E-state index in [1.807, 2.05) is 0 Å². The fraction of sp³-hybridized carbons (Fsp3) is 0.714. The summed E-state index contributed by atoms with van der Waals surface area (Å²) in [4.78, 5) is 4.90. The van der Waals surface area contributed by atoms with Crippen molar-refractivity contribution < 1.29 is 9.81 Å². The van der Waals surface area contributed by atoms with Crippen molar-refractivity contribution in [1.29, 1.82) is 0 Å². The first-order chi connectivity index (χ1) is 5.84. The van der Waals surface area contributed by atoms with Crippen molar-refractivity contribution in [3.05, 3.63) is 18.0 Å². The molecule has 0 atom stereocenters. The van der Waals surface area contributed by atoms with Crippen molar-refractivity contribution in [3.63, 3.8) is 0 Å². The van der Waals surface area contributed by atoms with Crippen LogP contribution in [-0.2, 0) is 4.84 Å².